The summed E-state index contributed by atoms with van der Waals surface area (Å²) in [5.74, 6) is 0. The standard InChI is InChI=1S/C4H10BBr2N/c1-3-8(4-2)5(6)7/h3-4H2,1-2H3. The Morgan fingerprint density at radius 1 is 1.25 bits per heavy atom. The third kappa shape index (κ3) is 3.10. The molecule has 0 aliphatic rings. The first-order chi connectivity index (χ1) is 3.72. The maximum Gasteiger partial charge on any atom is 0.379 e. The van der Waals surface area contributed by atoms with E-state index in [2.05, 4.69) is 50.2 Å². The lowest BCUT2D eigenvalue weighted by molar-refractivity contribution is 0.500. The van der Waals surface area contributed by atoms with Gasteiger partial charge in [-0.15, -0.1) is 31.5 Å². The highest BCUT2D eigenvalue weighted by Crippen LogP contribution is 2.07. The van der Waals surface area contributed by atoms with Crippen molar-refractivity contribution in [3.05, 3.63) is 0 Å². The van der Waals surface area contributed by atoms with Crippen LogP contribution in [0.25, 0.3) is 0 Å². The van der Waals surface area contributed by atoms with Crippen molar-refractivity contribution in [3.63, 3.8) is 0 Å². The molecule has 48 valence electrons. The van der Waals surface area contributed by atoms with Gasteiger partial charge in [0.1, 0.15) is 0 Å². The summed E-state index contributed by atoms with van der Waals surface area (Å²) in [5.41, 5.74) is 0. The van der Waals surface area contributed by atoms with Crippen molar-refractivity contribution in [1.82, 2.24) is 4.81 Å². The fraction of sp³-hybridized carbons (Fsp3) is 1.00. The number of hydrogen-bond donors (Lipinski definition) is 0. The second-order valence-electron chi connectivity index (χ2n) is 1.50. The quantitative estimate of drug-likeness (QED) is 0.686. The van der Waals surface area contributed by atoms with Crippen LogP contribution >= 0.6 is 31.5 Å². The molecule has 0 aliphatic carbocycles. The third-order valence-corrected chi connectivity index (χ3v) is 2.25. The Morgan fingerprint density at radius 2 is 1.62 bits per heavy atom. The molecule has 8 heavy (non-hydrogen) atoms. The van der Waals surface area contributed by atoms with Crippen molar-refractivity contribution in [2.75, 3.05) is 13.1 Å². The smallest absolute Gasteiger partial charge is 0.323 e. The maximum atomic E-state index is 3.40. The largest absolute Gasteiger partial charge is 0.379 e. The van der Waals surface area contributed by atoms with Crippen LogP contribution in [-0.2, 0) is 0 Å². The summed E-state index contributed by atoms with van der Waals surface area (Å²) in [6.45, 7) is 6.44. The van der Waals surface area contributed by atoms with Gasteiger partial charge in [0.2, 0.25) is 0 Å². The molecular formula is C4H10BBr2N. The van der Waals surface area contributed by atoms with Gasteiger partial charge in [-0.2, -0.15) is 0 Å². The molecule has 0 fully saturated rings. The lowest BCUT2D eigenvalue weighted by Gasteiger charge is -2.16. The lowest BCUT2D eigenvalue weighted by atomic mass is 10.3. The molecule has 0 rings (SSSR count). The lowest BCUT2D eigenvalue weighted by Crippen LogP contribution is -2.29. The Balaban J connectivity index is 3.35. The first-order valence-electron chi connectivity index (χ1n) is 2.74. The number of rotatable bonds is 3. The van der Waals surface area contributed by atoms with Crippen LogP contribution in [0, 0.1) is 0 Å². The molecular weight excluding hydrogens is 233 g/mol. The van der Waals surface area contributed by atoms with Crippen molar-refractivity contribution >= 4 is 36.0 Å². The minimum atomic E-state index is 0.338. The van der Waals surface area contributed by atoms with Crippen molar-refractivity contribution in [2.45, 2.75) is 13.8 Å². The van der Waals surface area contributed by atoms with Gasteiger partial charge < -0.3 is 4.81 Å². The Labute approximate surface area is 67.9 Å². The average molecular weight is 243 g/mol. The minimum Gasteiger partial charge on any atom is -0.323 e. The number of hydrogen-bond acceptors (Lipinski definition) is 1. The monoisotopic (exact) mass is 241 g/mol. The third-order valence-electron chi connectivity index (χ3n) is 1.09. The van der Waals surface area contributed by atoms with E-state index in [-0.39, 0.29) is 0 Å². The molecule has 0 aromatic carbocycles. The van der Waals surface area contributed by atoms with E-state index >= 15 is 0 Å². The zero-order valence-electron chi connectivity index (χ0n) is 5.19. The van der Waals surface area contributed by atoms with Gasteiger partial charge in [-0.05, 0) is 13.1 Å². The predicted molar refractivity (Wildman–Crippen MR) is 46.5 cm³/mol. The molecule has 0 saturated carbocycles. The van der Waals surface area contributed by atoms with E-state index in [9.17, 15) is 0 Å². The first kappa shape index (κ1) is 8.98. The van der Waals surface area contributed by atoms with E-state index in [0.29, 0.717) is 4.50 Å². The van der Waals surface area contributed by atoms with E-state index in [0.717, 1.165) is 13.1 Å². The molecule has 0 bridgehead atoms. The summed E-state index contributed by atoms with van der Waals surface area (Å²) in [4.78, 5) is 2.25. The summed E-state index contributed by atoms with van der Waals surface area (Å²) in [6, 6.07) is 0. The van der Waals surface area contributed by atoms with Crippen LogP contribution in [0.3, 0.4) is 0 Å². The van der Waals surface area contributed by atoms with Gasteiger partial charge in [0, 0.05) is 0 Å². The van der Waals surface area contributed by atoms with Crippen LogP contribution in [0.4, 0.5) is 0 Å². The zero-order valence-corrected chi connectivity index (χ0v) is 8.37. The van der Waals surface area contributed by atoms with Gasteiger partial charge in [-0.3, -0.25) is 0 Å². The van der Waals surface area contributed by atoms with Crippen LogP contribution in [0.2, 0.25) is 0 Å². The maximum absolute atomic E-state index is 3.40. The molecule has 0 aromatic rings. The molecule has 0 radical (unpaired) electrons. The normalized spacial score (nSPS) is 10.1. The van der Waals surface area contributed by atoms with Crippen molar-refractivity contribution < 1.29 is 0 Å². The van der Waals surface area contributed by atoms with E-state index in [1.54, 1.807) is 0 Å². The summed E-state index contributed by atoms with van der Waals surface area (Å²) < 4.78 is 0.338. The highest BCUT2D eigenvalue weighted by molar-refractivity contribution is 9.48. The molecule has 0 aromatic heterocycles. The molecule has 0 amide bonds. The SMILES string of the molecule is CCN(CC)B(Br)Br. The highest BCUT2D eigenvalue weighted by atomic mass is 79.9. The van der Waals surface area contributed by atoms with E-state index in [1.165, 1.54) is 0 Å². The van der Waals surface area contributed by atoms with Gasteiger partial charge in [0.15, 0.2) is 0 Å². The van der Waals surface area contributed by atoms with Crippen LogP contribution in [0.15, 0.2) is 0 Å². The average Bonchev–Trinajstić information content (AvgIpc) is 1.69. The van der Waals surface area contributed by atoms with Crippen molar-refractivity contribution in [2.24, 2.45) is 0 Å². The van der Waals surface area contributed by atoms with Crippen molar-refractivity contribution in [3.8, 4) is 0 Å². The molecule has 0 heterocycles. The molecule has 0 saturated heterocycles. The van der Waals surface area contributed by atoms with Gasteiger partial charge in [-0.1, -0.05) is 13.8 Å². The van der Waals surface area contributed by atoms with Crippen LogP contribution < -0.4 is 0 Å². The first-order valence-corrected chi connectivity index (χ1v) is 4.57. The molecule has 1 nitrogen and oxygen atoms in total. The fourth-order valence-corrected chi connectivity index (χ4v) is 1.66. The molecule has 0 aliphatic heterocycles. The number of nitrogens with zero attached hydrogens (tertiary/aromatic N) is 1. The zero-order chi connectivity index (χ0) is 6.57. The van der Waals surface area contributed by atoms with E-state index in [1.807, 2.05) is 0 Å². The molecule has 4 heteroatoms. The van der Waals surface area contributed by atoms with Crippen LogP contribution in [0.1, 0.15) is 13.8 Å². The Kier molecular flexibility index (Phi) is 5.42. The summed E-state index contributed by atoms with van der Waals surface area (Å²) >= 11 is 6.81. The topological polar surface area (TPSA) is 3.24 Å². The van der Waals surface area contributed by atoms with Gasteiger partial charge in [0.05, 0.1) is 0 Å². The molecule has 0 unspecified atom stereocenters. The highest BCUT2D eigenvalue weighted by Gasteiger charge is 2.11. The molecule has 0 atom stereocenters. The summed E-state index contributed by atoms with van der Waals surface area (Å²) in [5, 5.41) is 0. The van der Waals surface area contributed by atoms with Gasteiger partial charge >= 0.3 is 4.50 Å². The van der Waals surface area contributed by atoms with Crippen molar-refractivity contribution in [1.29, 1.82) is 0 Å². The number of halogens is 2. The second-order valence-corrected chi connectivity index (χ2v) is 4.46. The van der Waals surface area contributed by atoms with Crippen LogP contribution in [-0.4, -0.2) is 22.4 Å². The van der Waals surface area contributed by atoms with E-state index < -0.39 is 0 Å². The Morgan fingerprint density at radius 3 is 1.62 bits per heavy atom. The Hall–Kier alpha value is 0.985. The Bertz CT molecular complexity index is 56.0. The van der Waals surface area contributed by atoms with Gasteiger partial charge in [-0.25, -0.2) is 0 Å². The summed E-state index contributed by atoms with van der Waals surface area (Å²) in [7, 11) is 0. The molecule has 0 spiro atoms. The second kappa shape index (κ2) is 4.83. The summed E-state index contributed by atoms with van der Waals surface area (Å²) in [6.07, 6.45) is 0. The van der Waals surface area contributed by atoms with Crippen LogP contribution in [0.5, 0.6) is 0 Å². The van der Waals surface area contributed by atoms with Gasteiger partial charge in [0.25, 0.3) is 0 Å². The fourth-order valence-electron chi connectivity index (χ4n) is 0.500. The van der Waals surface area contributed by atoms with E-state index in [4.69, 9.17) is 0 Å². The molecule has 0 N–H and O–H groups in total. The minimum absolute atomic E-state index is 0.338. The predicted octanol–water partition coefficient (Wildman–Crippen LogP) is 2.10.